The van der Waals surface area contributed by atoms with E-state index in [0.717, 1.165) is 16.8 Å². The number of amides is 1. The standard InChI is InChI=1S/C23H19FN4O/c1-15-11-12-20(13-16(15)2)28-22(17-7-4-3-5-8-17)26-21(27-28)23(29)25-19-10-6-9-18(24)14-19/h3-14H,1-2H3,(H,25,29). The van der Waals surface area contributed by atoms with Crippen LogP contribution in [0.1, 0.15) is 21.7 Å². The molecular formula is C23H19FN4O. The number of anilines is 1. The van der Waals surface area contributed by atoms with Crippen molar-refractivity contribution in [3.63, 3.8) is 0 Å². The van der Waals surface area contributed by atoms with E-state index in [1.165, 1.54) is 23.8 Å². The van der Waals surface area contributed by atoms with E-state index < -0.39 is 11.7 Å². The number of hydrogen-bond donors (Lipinski definition) is 1. The van der Waals surface area contributed by atoms with Gasteiger partial charge in [0.25, 0.3) is 5.91 Å². The van der Waals surface area contributed by atoms with Crippen molar-refractivity contribution < 1.29 is 9.18 Å². The molecule has 1 heterocycles. The minimum atomic E-state index is -0.504. The predicted octanol–water partition coefficient (Wildman–Crippen LogP) is 4.94. The van der Waals surface area contributed by atoms with Crippen LogP contribution in [-0.4, -0.2) is 20.7 Å². The van der Waals surface area contributed by atoms with Gasteiger partial charge in [-0.15, -0.1) is 5.10 Å². The molecule has 1 aromatic heterocycles. The lowest BCUT2D eigenvalue weighted by Gasteiger charge is -2.08. The zero-order chi connectivity index (χ0) is 20.4. The van der Waals surface area contributed by atoms with Gasteiger partial charge in [0.15, 0.2) is 5.82 Å². The molecule has 0 spiro atoms. The van der Waals surface area contributed by atoms with Crippen LogP contribution in [0.15, 0.2) is 72.8 Å². The Morgan fingerprint density at radius 1 is 0.931 bits per heavy atom. The highest BCUT2D eigenvalue weighted by molar-refractivity contribution is 6.01. The summed E-state index contributed by atoms with van der Waals surface area (Å²) in [5.74, 6) is -0.374. The van der Waals surface area contributed by atoms with E-state index in [1.807, 2.05) is 62.4 Å². The molecule has 29 heavy (non-hydrogen) atoms. The highest BCUT2D eigenvalue weighted by Crippen LogP contribution is 2.23. The number of carbonyl (C=O) groups is 1. The van der Waals surface area contributed by atoms with Crippen LogP contribution in [0.4, 0.5) is 10.1 Å². The number of halogens is 1. The van der Waals surface area contributed by atoms with Gasteiger partial charge in [0.2, 0.25) is 5.82 Å². The Labute approximate surface area is 167 Å². The molecule has 0 saturated heterocycles. The Morgan fingerprint density at radius 3 is 2.45 bits per heavy atom. The van der Waals surface area contributed by atoms with E-state index in [2.05, 4.69) is 15.4 Å². The van der Waals surface area contributed by atoms with Crippen molar-refractivity contribution in [2.45, 2.75) is 13.8 Å². The predicted molar refractivity (Wildman–Crippen MR) is 111 cm³/mol. The molecular weight excluding hydrogens is 367 g/mol. The molecule has 0 aliphatic carbocycles. The van der Waals surface area contributed by atoms with Gasteiger partial charge >= 0.3 is 0 Å². The lowest BCUT2D eigenvalue weighted by molar-refractivity contribution is 0.101. The number of nitrogens with one attached hydrogen (secondary N) is 1. The van der Waals surface area contributed by atoms with E-state index >= 15 is 0 Å². The van der Waals surface area contributed by atoms with E-state index in [1.54, 1.807) is 10.7 Å². The third-order valence-corrected chi connectivity index (χ3v) is 4.66. The summed E-state index contributed by atoms with van der Waals surface area (Å²) in [5, 5.41) is 7.09. The van der Waals surface area contributed by atoms with Crippen molar-refractivity contribution in [2.75, 3.05) is 5.32 Å². The molecule has 0 aliphatic heterocycles. The van der Waals surface area contributed by atoms with Crippen LogP contribution in [0.3, 0.4) is 0 Å². The van der Waals surface area contributed by atoms with Gasteiger partial charge in [-0.2, -0.15) is 0 Å². The van der Waals surface area contributed by atoms with Gasteiger partial charge in [0.1, 0.15) is 5.82 Å². The van der Waals surface area contributed by atoms with Crippen LogP contribution >= 0.6 is 0 Å². The zero-order valence-electron chi connectivity index (χ0n) is 16.1. The molecule has 144 valence electrons. The highest BCUT2D eigenvalue weighted by Gasteiger charge is 2.19. The summed E-state index contributed by atoms with van der Waals surface area (Å²) in [6, 6.07) is 21.2. The first kappa shape index (κ1) is 18.6. The monoisotopic (exact) mass is 386 g/mol. The molecule has 0 fully saturated rings. The molecule has 1 N–H and O–H groups in total. The summed E-state index contributed by atoms with van der Waals surface area (Å²) in [5.41, 5.74) is 4.27. The van der Waals surface area contributed by atoms with Crippen molar-refractivity contribution in [2.24, 2.45) is 0 Å². The van der Waals surface area contributed by atoms with Gasteiger partial charge < -0.3 is 5.32 Å². The van der Waals surface area contributed by atoms with E-state index in [9.17, 15) is 9.18 Å². The van der Waals surface area contributed by atoms with Crippen LogP contribution in [-0.2, 0) is 0 Å². The van der Waals surface area contributed by atoms with Crippen LogP contribution in [0.2, 0.25) is 0 Å². The Hall–Kier alpha value is -3.80. The minimum Gasteiger partial charge on any atom is -0.319 e. The summed E-state index contributed by atoms with van der Waals surface area (Å²) in [4.78, 5) is 17.2. The minimum absolute atomic E-state index is 0.00587. The molecule has 0 aliphatic rings. The average molecular weight is 386 g/mol. The normalized spacial score (nSPS) is 10.7. The Kier molecular flexibility index (Phi) is 4.91. The van der Waals surface area contributed by atoms with Crippen LogP contribution in [0.5, 0.6) is 0 Å². The van der Waals surface area contributed by atoms with Crippen LogP contribution < -0.4 is 5.32 Å². The number of hydrogen-bond acceptors (Lipinski definition) is 3. The number of nitrogens with zero attached hydrogens (tertiary/aromatic N) is 3. The maximum Gasteiger partial charge on any atom is 0.295 e. The fraction of sp³-hybridized carbons (Fsp3) is 0.0870. The second-order valence-corrected chi connectivity index (χ2v) is 6.77. The smallest absolute Gasteiger partial charge is 0.295 e. The molecule has 5 nitrogen and oxygen atoms in total. The number of aromatic nitrogens is 3. The lowest BCUT2D eigenvalue weighted by atomic mass is 10.1. The highest BCUT2D eigenvalue weighted by atomic mass is 19.1. The molecule has 0 bridgehead atoms. The maximum atomic E-state index is 13.4. The van der Waals surface area contributed by atoms with Gasteiger partial charge in [-0.1, -0.05) is 42.5 Å². The summed E-state index contributed by atoms with van der Waals surface area (Å²) in [6.07, 6.45) is 0. The van der Waals surface area contributed by atoms with Crippen LogP contribution in [0, 0.1) is 19.7 Å². The fourth-order valence-electron chi connectivity index (χ4n) is 2.97. The Bertz CT molecular complexity index is 1180. The largest absolute Gasteiger partial charge is 0.319 e. The van der Waals surface area contributed by atoms with Gasteiger partial charge in [-0.3, -0.25) is 4.79 Å². The number of benzene rings is 3. The first-order chi connectivity index (χ1) is 14.0. The van der Waals surface area contributed by atoms with E-state index in [4.69, 9.17) is 0 Å². The van der Waals surface area contributed by atoms with Crippen molar-refractivity contribution in [3.05, 3.63) is 95.6 Å². The van der Waals surface area contributed by atoms with Gasteiger partial charge in [-0.05, 0) is 55.3 Å². The SMILES string of the molecule is Cc1ccc(-n2nc(C(=O)Nc3cccc(F)c3)nc2-c2ccccc2)cc1C. The summed E-state index contributed by atoms with van der Waals surface area (Å²) in [7, 11) is 0. The molecule has 4 rings (SSSR count). The van der Waals surface area contributed by atoms with Gasteiger partial charge in [0.05, 0.1) is 5.69 Å². The third kappa shape index (κ3) is 3.91. The Balaban J connectivity index is 1.77. The average Bonchev–Trinajstić information content (AvgIpc) is 3.16. The third-order valence-electron chi connectivity index (χ3n) is 4.66. The summed E-state index contributed by atoms with van der Waals surface area (Å²) >= 11 is 0. The molecule has 1 amide bonds. The molecule has 0 unspecified atom stereocenters. The number of rotatable bonds is 4. The quantitative estimate of drug-likeness (QED) is 0.540. The summed E-state index contributed by atoms with van der Waals surface area (Å²) in [6.45, 7) is 4.06. The van der Waals surface area contributed by atoms with Crippen molar-refractivity contribution in [3.8, 4) is 17.1 Å². The zero-order valence-corrected chi connectivity index (χ0v) is 16.1. The molecule has 0 atom stereocenters. The van der Waals surface area contributed by atoms with Crippen molar-refractivity contribution in [1.82, 2.24) is 14.8 Å². The van der Waals surface area contributed by atoms with E-state index in [0.29, 0.717) is 11.5 Å². The van der Waals surface area contributed by atoms with Gasteiger partial charge in [0, 0.05) is 11.3 Å². The van der Waals surface area contributed by atoms with Crippen molar-refractivity contribution >= 4 is 11.6 Å². The molecule has 4 aromatic rings. The van der Waals surface area contributed by atoms with Crippen molar-refractivity contribution in [1.29, 1.82) is 0 Å². The lowest BCUT2D eigenvalue weighted by Crippen LogP contribution is -2.14. The van der Waals surface area contributed by atoms with E-state index in [-0.39, 0.29) is 5.82 Å². The summed E-state index contributed by atoms with van der Waals surface area (Å²) < 4.78 is 15.1. The first-order valence-corrected chi connectivity index (χ1v) is 9.18. The van der Waals surface area contributed by atoms with Gasteiger partial charge in [-0.25, -0.2) is 14.1 Å². The second-order valence-electron chi connectivity index (χ2n) is 6.77. The number of carbonyl (C=O) groups excluding carboxylic acids is 1. The Morgan fingerprint density at radius 2 is 1.72 bits per heavy atom. The topological polar surface area (TPSA) is 59.8 Å². The molecule has 0 radical (unpaired) electrons. The second kappa shape index (κ2) is 7.67. The number of aryl methyl sites for hydroxylation is 2. The maximum absolute atomic E-state index is 13.4. The first-order valence-electron chi connectivity index (χ1n) is 9.18. The fourth-order valence-corrected chi connectivity index (χ4v) is 2.97. The molecule has 0 saturated carbocycles. The molecule has 6 heteroatoms. The van der Waals surface area contributed by atoms with Crippen LogP contribution in [0.25, 0.3) is 17.1 Å². The molecule has 3 aromatic carbocycles.